The molecule has 144 valence electrons. The first kappa shape index (κ1) is 19.8. The van der Waals surface area contributed by atoms with Gasteiger partial charge >= 0.3 is 6.09 Å². The normalized spacial score (nSPS) is 15.0. The Kier molecular flexibility index (Phi) is 6.83. The zero-order valence-electron chi connectivity index (χ0n) is 14.9. The van der Waals surface area contributed by atoms with E-state index >= 15 is 0 Å². The van der Waals surface area contributed by atoms with Gasteiger partial charge in [-0.25, -0.2) is 4.79 Å². The second kappa shape index (κ2) is 9.31. The van der Waals surface area contributed by atoms with Crippen molar-refractivity contribution in [1.29, 1.82) is 0 Å². The van der Waals surface area contributed by atoms with Crippen LogP contribution in [0.3, 0.4) is 0 Å². The molecule has 0 aromatic heterocycles. The van der Waals surface area contributed by atoms with Gasteiger partial charge in [0, 0.05) is 45.2 Å². The van der Waals surface area contributed by atoms with Gasteiger partial charge in [0.25, 0.3) is 0 Å². The lowest BCUT2D eigenvalue weighted by atomic mass is 10.1. The maximum atomic E-state index is 10.9. The summed E-state index contributed by atoms with van der Waals surface area (Å²) in [6.45, 7) is 4.08. The Hall–Kier alpha value is -1.95. The van der Waals surface area contributed by atoms with Gasteiger partial charge in [-0.15, -0.1) is 0 Å². The average molecular weight is 409 g/mol. The lowest BCUT2D eigenvalue weighted by Gasteiger charge is -2.33. The largest absolute Gasteiger partial charge is 0.493 e. The van der Waals surface area contributed by atoms with Gasteiger partial charge in [-0.3, -0.25) is 4.90 Å². The summed E-state index contributed by atoms with van der Waals surface area (Å²) < 4.78 is 5.72. The van der Waals surface area contributed by atoms with E-state index in [9.17, 15) is 4.79 Å². The van der Waals surface area contributed by atoms with Crippen LogP contribution in [0.15, 0.2) is 42.5 Å². The second-order valence-electron chi connectivity index (χ2n) is 6.54. The van der Waals surface area contributed by atoms with Gasteiger partial charge in [0.1, 0.15) is 5.75 Å². The number of benzene rings is 2. The fraction of sp³-hybridized carbons (Fsp3) is 0.350. The molecule has 7 heteroatoms. The number of amides is 1. The van der Waals surface area contributed by atoms with E-state index in [1.54, 1.807) is 18.2 Å². The molecule has 1 aliphatic rings. The number of rotatable bonds is 6. The molecule has 0 atom stereocenters. The number of hydrogen-bond donors (Lipinski definition) is 1. The van der Waals surface area contributed by atoms with Crippen LogP contribution in [0.25, 0.3) is 0 Å². The third kappa shape index (κ3) is 5.76. The summed E-state index contributed by atoms with van der Waals surface area (Å²) in [5.41, 5.74) is 2.43. The van der Waals surface area contributed by atoms with Crippen molar-refractivity contribution in [2.75, 3.05) is 32.8 Å². The van der Waals surface area contributed by atoms with Crippen molar-refractivity contribution in [3.05, 3.63) is 63.6 Å². The van der Waals surface area contributed by atoms with E-state index in [4.69, 9.17) is 33.0 Å². The highest BCUT2D eigenvalue weighted by Gasteiger charge is 2.20. The van der Waals surface area contributed by atoms with Gasteiger partial charge in [-0.1, -0.05) is 47.5 Å². The van der Waals surface area contributed by atoms with Crippen LogP contribution in [0.4, 0.5) is 4.79 Å². The summed E-state index contributed by atoms with van der Waals surface area (Å²) in [7, 11) is 0. The number of carboxylic acid groups (broad SMARTS) is 1. The molecule has 2 aromatic rings. The summed E-state index contributed by atoms with van der Waals surface area (Å²) in [4.78, 5) is 14.7. The van der Waals surface area contributed by atoms with Crippen molar-refractivity contribution in [1.82, 2.24) is 9.80 Å². The van der Waals surface area contributed by atoms with Crippen molar-refractivity contribution in [2.45, 2.75) is 13.0 Å². The lowest BCUT2D eigenvalue weighted by Crippen LogP contribution is -2.47. The standard InChI is InChI=1S/C20H22Cl2N2O3/c21-18-6-5-17(13-19(18)22)27-12-7-15-1-3-16(4-2-15)14-23-8-10-24(11-9-23)20(25)26/h1-6,13H,7-12,14H2,(H,25,26). The highest BCUT2D eigenvalue weighted by molar-refractivity contribution is 6.42. The summed E-state index contributed by atoms with van der Waals surface area (Å²) in [5, 5.41) is 10.0. The molecular formula is C20H22Cl2N2O3. The van der Waals surface area contributed by atoms with E-state index in [-0.39, 0.29) is 0 Å². The minimum absolute atomic E-state index is 0.489. The van der Waals surface area contributed by atoms with Crippen LogP contribution in [0.5, 0.6) is 5.75 Å². The molecule has 1 heterocycles. The number of hydrogen-bond acceptors (Lipinski definition) is 3. The number of carbonyl (C=O) groups is 1. The molecule has 2 aromatic carbocycles. The van der Waals surface area contributed by atoms with Gasteiger partial charge in [0.05, 0.1) is 16.7 Å². The molecule has 27 heavy (non-hydrogen) atoms. The topological polar surface area (TPSA) is 53.0 Å². The zero-order chi connectivity index (χ0) is 19.2. The van der Waals surface area contributed by atoms with Gasteiger partial charge in [-0.2, -0.15) is 0 Å². The third-order valence-corrected chi connectivity index (χ3v) is 5.36. The van der Waals surface area contributed by atoms with Crippen molar-refractivity contribution in [3.8, 4) is 5.75 Å². The minimum Gasteiger partial charge on any atom is -0.493 e. The van der Waals surface area contributed by atoms with Crippen LogP contribution in [-0.2, 0) is 13.0 Å². The second-order valence-corrected chi connectivity index (χ2v) is 7.35. The molecule has 0 bridgehead atoms. The van der Waals surface area contributed by atoms with Crippen LogP contribution in [0.2, 0.25) is 10.0 Å². The number of halogens is 2. The predicted molar refractivity (Wildman–Crippen MR) is 107 cm³/mol. The van der Waals surface area contributed by atoms with Crippen molar-refractivity contribution in [3.63, 3.8) is 0 Å². The van der Waals surface area contributed by atoms with Gasteiger partial charge in [0.2, 0.25) is 0 Å². The van der Waals surface area contributed by atoms with Crippen LogP contribution < -0.4 is 4.74 Å². The Morgan fingerprint density at radius 3 is 2.26 bits per heavy atom. The van der Waals surface area contributed by atoms with E-state index < -0.39 is 6.09 Å². The number of nitrogens with zero attached hydrogens (tertiary/aromatic N) is 2. The fourth-order valence-electron chi connectivity index (χ4n) is 3.02. The average Bonchev–Trinajstić information content (AvgIpc) is 2.66. The van der Waals surface area contributed by atoms with Crippen molar-refractivity contribution in [2.24, 2.45) is 0 Å². The van der Waals surface area contributed by atoms with E-state index in [0.29, 0.717) is 35.5 Å². The van der Waals surface area contributed by atoms with E-state index in [2.05, 4.69) is 29.2 Å². The molecule has 0 unspecified atom stereocenters. The quantitative estimate of drug-likeness (QED) is 0.768. The first-order chi connectivity index (χ1) is 13.0. The Bertz CT molecular complexity index is 775. The molecular weight excluding hydrogens is 387 g/mol. The van der Waals surface area contributed by atoms with Gasteiger partial charge in [-0.05, 0) is 23.3 Å². The SMILES string of the molecule is O=C(O)N1CCN(Cc2ccc(CCOc3ccc(Cl)c(Cl)c3)cc2)CC1. The third-order valence-electron chi connectivity index (χ3n) is 4.62. The van der Waals surface area contributed by atoms with Crippen LogP contribution in [0.1, 0.15) is 11.1 Å². The first-order valence-corrected chi connectivity index (χ1v) is 9.63. The van der Waals surface area contributed by atoms with E-state index in [1.165, 1.54) is 16.0 Å². The smallest absolute Gasteiger partial charge is 0.407 e. The number of piperazine rings is 1. The summed E-state index contributed by atoms with van der Waals surface area (Å²) in [6.07, 6.45) is -0.0280. The zero-order valence-corrected chi connectivity index (χ0v) is 16.4. The highest BCUT2D eigenvalue weighted by Crippen LogP contribution is 2.26. The maximum Gasteiger partial charge on any atom is 0.407 e. The lowest BCUT2D eigenvalue weighted by molar-refractivity contribution is 0.103. The summed E-state index contributed by atoms with van der Waals surface area (Å²) >= 11 is 11.9. The Morgan fingerprint density at radius 1 is 0.963 bits per heavy atom. The molecule has 3 rings (SSSR count). The van der Waals surface area contributed by atoms with Gasteiger partial charge in [0.15, 0.2) is 0 Å². The Morgan fingerprint density at radius 2 is 1.63 bits per heavy atom. The molecule has 0 saturated carbocycles. The molecule has 0 spiro atoms. The molecule has 0 aliphatic carbocycles. The van der Waals surface area contributed by atoms with Gasteiger partial charge < -0.3 is 14.7 Å². The molecule has 0 radical (unpaired) electrons. The van der Waals surface area contributed by atoms with Crippen LogP contribution >= 0.6 is 23.2 Å². The van der Waals surface area contributed by atoms with E-state index in [0.717, 1.165) is 26.1 Å². The molecule has 1 saturated heterocycles. The maximum absolute atomic E-state index is 10.9. The Balaban J connectivity index is 1.43. The molecule has 1 N–H and O–H groups in total. The number of ether oxygens (including phenoxy) is 1. The predicted octanol–water partition coefficient (Wildman–Crippen LogP) is 4.41. The van der Waals surface area contributed by atoms with Crippen LogP contribution in [0, 0.1) is 0 Å². The first-order valence-electron chi connectivity index (χ1n) is 8.87. The van der Waals surface area contributed by atoms with E-state index in [1.807, 2.05) is 0 Å². The highest BCUT2D eigenvalue weighted by atomic mass is 35.5. The molecule has 1 fully saturated rings. The van der Waals surface area contributed by atoms with Crippen molar-refractivity contribution >= 4 is 29.3 Å². The molecule has 1 amide bonds. The fourth-order valence-corrected chi connectivity index (χ4v) is 3.31. The monoisotopic (exact) mass is 408 g/mol. The molecule has 1 aliphatic heterocycles. The summed E-state index contributed by atoms with van der Waals surface area (Å²) in [6, 6.07) is 13.7. The summed E-state index contributed by atoms with van der Waals surface area (Å²) in [5.74, 6) is 0.710. The van der Waals surface area contributed by atoms with Crippen molar-refractivity contribution < 1.29 is 14.6 Å². The minimum atomic E-state index is -0.831. The van der Waals surface area contributed by atoms with Crippen LogP contribution in [-0.4, -0.2) is 53.8 Å². The Labute approximate surface area is 169 Å². The molecule has 5 nitrogen and oxygen atoms in total.